The molecular formula is C22H22ClN5O3S. The number of pyridine rings is 1. The molecule has 0 bridgehead atoms. The van der Waals surface area contributed by atoms with E-state index in [4.69, 9.17) is 11.6 Å². The SMILES string of the molecule is O=C1CC2(CCN(S(=O)(=O)c3cccc(Cl)c3)CC2)n2nccc2N1Cc1ccncc1. The summed E-state index contributed by atoms with van der Waals surface area (Å²) < 4.78 is 29.6. The van der Waals surface area contributed by atoms with Crippen molar-refractivity contribution in [3.05, 3.63) is 71.6 Å². The summed E-state index contributed by atoms with van der Waals surface area (Å²) in [6, 6.07) is 11.9. The van der Waals surface area contributed by atoms with Crippen molar-refractivity contribution >= 4 is 33.3 Å². The highest BCUT2D eigenvalue weighted by atomic mass is 35.5. The Morgan fingerprint density at radius 3 is 2.50 bits per heavy atom. The Hall–Kier alpha value is -2.75. The average molecular weight is 472 g/mol. The zero-order valence-electron chi connectivity index (χ0n) is 17.3. The Balaban J connectivity index is 1.39. The summed E-state index contributed by atoms with van der Waals surface area (Å²) in [5.41, 5.74) is 0.463. The molecule has 3 aromatic rings. The van der Waals surface area contributed by atoms with Crippen molar-refractivity contribution in [3.63, 3.8) is 0 Å². The lowest BCUT2D eigenvalue weighted by molar-refractivity contribution is -0.122. The number of hydrogen-bond acceptors (Lipinski definition) is 5. The Labute approximate surface area is 191 Å². The minimum Gasteiger partial charge on any atom is -0.292 e. The highest BCUT2D eigenvalue weighted by Crippen LogP contribution is 2.42. The summed E-state index contributed by atoms with van der Waals surface area (Å²) in [4.78, 5) is 19.1. The molecule has 1 fully saturated rings. The molecule has 32 heavy (non-hydrogen) atoms. The molecular weight excluding hydrogens is 450 g/mol. The van der Waals surface area contributed by atoms with Crippen LogP contribution in [0, 0.1) is 0 Å². The number of piperidine rings is 1. The van der Waals surface area contributed by atoms with Gasteiger partial charge in [0, 0.05) is 36.6 Å². The highest BCUT2D eigenvalue weighted by molar-refractivity contribution is 7.89. The Bertz CT molecular complexity index is 1250. The van der Waals surface area contributed by atoms with Crippen LogP contribution in [0.25, 0.3) is 0 Å². The van der Waals surface area contributed by atoms with Crippen molar-refractivity contribution in [1.82, 2.24) is 19.1 Å². The van der Waals surface area contributed by atoms with E-state index in [2.05, 4.69) is 10.1 Å². The van der Waals surface area contributed by atoms with E-state index in [1.807, 2.05) is 22.9 Å². The minimum atomic E-state index is -3.65. The molecule has 1 saturated heterocycles. The topological polar surface area (TPSA) is 88.4 Å². The lowest BCUT2D eigenvalue weighted by Crippen LogP contribution is -2.54. The summed E-state index contributed by atoms with van der Waals surface area (Å²) in [5.74, 6) is 0.755. The van der Waals surface area contributed by atoms with Crippen LogP contribution in [0.3, 0.4) is 0 Å². The van der Waals surface area contributed by atoms with Gasteiger partial charge in [-0.15, -0.1) is 0 Å². The molecule has 2 aliphatic heterocycles. The molecule has 1 spiro atoms. The normalized spacial score (nSPS) is 18.7. The number of carbonyl (C=O) groups excluding carboxylic acids is 1. The third-order valence-electron chi connectivity index (χ3n) is 6.31. The van der Waals surface area contributed by atoms with Crippen molar-refractivity contribution in [2.75, 3.05) is 18.0 Å². The van der Waals surface area contributed by atoms with Crippen molar-refractivity contribution in [3.8, 4) is 0 Å². The van der Waals surface area contributed by atoms with Crippen molar-refractivity contribution < 1.29 is 13.2 Å². The molecule has 1 aromatic carbocycles. The molecule has 166 valence electrons. The molecule has 0 radical (unpaired) electrons. The minimum absolute atomic E-state index is 0.0148. The maximum atomic E-state index is 13.2. The monoisotopic (exact) mass is 471 g/mol. The van der Waals surface area contributed by atoms with Crippen LogP contribution in [0.1, 0.15) is 24.8 Å². The number of halogens is 1. The van der Waals surface area contributed by atoms with E-state index in [-0.39, 0.29) is 17.2 Å². The molecule has 5 rings (SSSR count). The van der Waals surface area contributed by atoms with Gasteiger partial charge in [0.05, 0.1) is 29.6 Å². The summed E-state index contributed by atoms with van der Waals surface area (Å²) in [5, 5.41) is 4.92. The molecule has 4 heterocycles. The van der Waals surface area contributed by atoms with E-state index in [1.165, 1.54) is 10.4 Å². The van der Waals surface area contributed by atoms with Crippen molar-refractivity contribution in [1.29, 1.82) is 0 Å². The third-order valence-corrected chi connectivity index (χ3v) is 8.44. The van der Waals surface area contributed by atoms with Crippen molar-refractivity contribution in [2.24, 2.45) is 0 Å². The van der Waals surface area contributed by atoms with E-state index in [0.717, 1.165) is 11.4 Å². The molecule has 10 heteroatoms. The van der Waals surface area contributed by atoms with Crippen LogP contribution in [0.15, 0.2) is 66.0 Å². The Morgan fingerprint density at radius 1 is 1.03 bits per heavy atom. The van der Waals surface area contributed by atoms with Gasteiger partial charge in [0.15, 0.2) is 0 Å². The van der Waals surface area contributed by atoms with Crippen LogP contribution in [-0.4, -0.2) is 46.5 Å². The van der Waals surface area contributed by atoms with Gasteiger partial charge < -0.3 is 0 Å². The summed E-state index contributed by atoms with van der Waals surface area (Å²) in [7, 11) is -3.65. The van der Waals surface area contributed by atoms with E-state index < -0.39 is 15.6 Å². The number of sulfonamides is 1. The second-order valence-corrected chi connectivity index (χ2v) is 10.6. The first-order chi connectivity index (χ1) is 15.4. The number of amides is 1. The third kappa shape index (κ3) is 3.60. The quantitative estimate of drug-likeness (QED) is 0.583. The predicted molar refractivity (Wildman–Crippen MR) is 120 cm³/mol. The van der Waals surface area contributed by atoms with Gasteiger partial charge in [-0.1, -0.05) is 17.7 Å². The van der Waals surface area contributed by atoms with E-state index >= 15 is 0 Å². The average Bonchev–Trinajstić information content (AvgIpc) is 3.29. The first-order valence-electron chi connectivity index (χ1n) is 10.4. The molecule has 0 saturated carbocycles. The van der Waals surface area contributed by atoms with Gasteiger partial charge >= 0.3 is 0 Å². The first-order valence-corrected chi connectivity index (χ1v) is 12.2. The van der Waals surface area contributed by atoms with E-state index in [9.17, 15) is 13.2 Å². The maximum Gasteiger partial charge on any atom is 0.243 e. The van der Waals surface area contributed by atoms with Crippen LogP contribution < -0.4 is 4.90 Å². The summed E-state index contributed by atoms with van der Waals surface area (Å²) in [6.07, 6.45) is 6.42. The fraction of sp³-hybridized carbons (Fsp3) is 0.318. The molecule has 2 aromatic heterocycles. The fourth-order valence-electron chi connectivity index (χ4n) is 4.59. The molecule has 0 aliphatic carbocycles. The van der Waals surface area contributed by atoms with Gasteiger partial charge in [-0.2, -0.15) is 9.40 Å². The van der Waals surface area contributed by atoms with Crippen LogP contribution in [0.4, 0.5) is 5.82 Å². The van der Waals surface area contributed by atoms with Gasteiger partial charge in [-0.05, 0) is 48.7 Å². The predicted octanol–water partition coefficient (Wildman–Crippen LogP) is 3.05. The number of aromatic nitrogens is 3. The second kappa shape index (κ2) is 7.99. The highest BCUT2D eigenvalue weighted by Gasteiger charge is 2.47. The lowest BCUT2D eigenvalue weighted by atomic mass is 9.83. The molecule has 0 atom stereocenters. The fourth-order valence-corrected chi connectivity index (χ4v) is 6.34. The second-order valence-electron chi connectivity index (χ2n) is 8.20. The first kappa shape index (κ1) is 21.1. The van der Waals surface area contributed by atoms with Gasteiger partial charge in [-0.25, -0.2) is 13.1 Å². The van der Waals surface area contributed by atoms with Crippen LogP contribution >= 0.6 is 11.6 Å². The largest absolute Gasteiger partial charge is 0.292 e. The lowest BCUT2D eigenvalue weighted by Gasteiger charge is -2.46. The zero-order chi connectivity index (χ0) is 22.3. The standard InChI is InChI=1S/C22H22ClN5O3S/c23-18-2-1-3-19(14-18)32(30,31)26-12-7-22(8-13-26)15-21(29)27(20-6-11-25-28(20)22)16-17-4-9-24-10-5-17/h1-6,9-11,14H,7-8,12-13,15-16H2. The van der Waals surface area contributed by atoms with E-state index in [0.29, 0.717) is 37.5 Å². The smallest absolute Gasteiger partial charge is 0.243 e. The number of benzene rings is 1. The number of carbonyl (C=O) groups is 1. The van der Waals surface area contributed by atoms with Crippen LogP contribution in [0.2, 0.25) is 5.02 Å². The molecule has 2 aliphatic rings. The molecule has 0 unspecified atom stereocenters. The maximum absolute atomic E-state index is 13.2. The number of nitrogens with zero attached hydrogens (tertiary/aromatic N) is 5. The van der Waals surface area contributed by atoms with Crippen LogP contribution in [0.5, 0.6) is 0 Å². The zero-order valence-corrected chi connectivity index (χ0v) is 18.8. The van der Waals surface area contributed by atoms with Gasteiger partial charge in [0.1, 0.15) is 5.82 Å². The summed E-state index contributed by atoms with van der Waals surface area (Å²) in [6.45, 7) is 1.07. The Morgan fingerprint density at radius 2 is 1.78 bits per heavy atom. The van der Waals surface area contributed by atoms with E-state index in [1.54, 1.807) is 41.7 Å². The number of hydrogen-bond donors (Lipinski definition) is 0. The number of fused-ring (bicyclic) bond motifs is 2. The Kier molecular flexibility index (Phi) is 5.27. The van der Waals surface area contributed by atoms with Gasteiger partial charge in [-0.3, -0.25) is 14.7 Å². The van der Waals surface area contributed by atoms with Crippen molar-refractivity contribution in [2.45, 2.75) is 36.2 Å². The molecule has 1 amide bonds. The number of anilines is 1. The molecule has 8 nitrogen and oxygen atoms in total. The summed E-state index contributed by atoms with van der Waals surface area (Å²) >= 11 is 6.00. The van der Waals surface area contributed by atoms with Gasteiger partial charge in [0.2, 0.25) is 15.9 Å². The number of rotatable bonds is 4. The molecule has 0 N–H and O–H groups in total. The van der Waals surface area contributed by atoms with Crippen LogP contribution in [-0.2, 0) is 26.9 Å². The van der Waals surface area contributed by atoms with Gasteiger partial charge in [0.25, 0.3) is 0 Å².